The molecule has 1 aromatic heterocycles. The molecular weight excluding hydrogens is 505 g/mol. The van der Waals surface area contributed by atoms with Gasteiger partial charge in [-0.3, -0.25) is 4.90 Å². The highest BCUT2D eigenvalue weighted by Crippen LogP contribution is 2.17. The molecule has 8 nitrogen and oxygen atoms in total. The number of rotatable bonds is 8. The van der Waals surface area contributed by atoms with Gasteiger partial charge < -0.3 is 19.9 Å². The molecule has 1 atom stereocenters. The molecule has 0 radical (unpaired) electrons. The SMILES string of the molecule is CCN1CCCC1CNC(=NCc1cc(C)cc(OC)c1)NCc1nnc(C)n1C.I. The summed E-state index contributed by atoms with van der Waals surface area (Å²) in [5.41, 5.74) is 2.29. The minimum atomic E-state index is 0. The van der Waals surface area contributed by atoms with Crippen LogP contribution in [0.3, 0.4) is 0 Å². The van der Waals surface area contributed by atoms with Crippen LogP contribution in [-0.2, 0) is 20.1 Å². The molecule has 1 aliphatic rings. The van der Waals surface area contributed by atoms with Gasteiger partial charge in [-0.15, -0.1) is 34.2 Å². The Kier molecular flexibility index (Phi) is 10.0. The summed E-state index contributed by atoms with van der Waals surface area (Å²) in [6, 6.07) is 6.76. The standard InChI is InChI=1S/C22H35N7O.HI/c1-6-29-9-7-8-19(29)14-24-22(25-15-21-27-26-17(3)28(21)4)23-13-18-10-16(2)11-20(12-18)30-5;/h10-12,19H,6-9,13-15H2,1-5H3,(H2,23,24,25);1H. The first-order valence-corrected chi connectivity index (χ1v) is 10.8. The van der Waals surface area contributed by atoms with Gasteiger partial charge in [0, 0.05) is 19.6 Å². The number of likely N-dealkylation sites (tertiary alicyclic amines) is 1. The lowest BCUT2D eigenvalue weighted by Gasteiger charge is -2.24. The Balaban J connectivity index is 0.00000341. The number of hydrogen-bond donors (Lipinski definition) is 2. The molecule has 1 aliphatic heterocycles. The number of halogens is 1. The van der Waals surface area contributed by atoms with Gasteiger partial charge in [0.2, 0.25) is 0 Å². The number of aryl methyl sites for hydroxylation is 2. The molecule has 2 N–H and O–H groups in total. The zero-order valence-electron chi connectivity index (χ0n) is 19.3. The van der Waals surface area contributed by atoms with E-state index < -0.39 is 0 Å². The monoisotopic (exact) mass is 541 g/mol. The summed E-state index contributed by atoms with van der Waals surface area (Å²) in [7, 11) is 3.67. The van der Waals surface area contributed by atoms with Crippen LogP contribution in [0.2, 0.25) is 0 Å². The lowest BCUT2D eigenvalue weighted by molar-refractivity contribution is 0.267. The predicted molar refractivity (Wildman–Crippen MR) is 135 cm³/mol. The van der Waals surface area contributed by atoms with E-state index in [4.69, 9.17) is 9.73 Å². The molecule has 172 valence electrons. The summed E-state index contributed by atoms with van der Waals surface area (Å²) in [4.78, 5) is 7.37. The minimum absolute atomic E-state index is 0. The highest BCUT2D eigenvalue weighted by atomic mass is 127. The van der Waals surface area contributed by atoms with E-state index in [0.717, 1.165) is 42.0 Å². The Bertz CT molecular complexity index is 868. The maximum atomic E-state index is 5.40. The number of nitrogens with zero attached hydrogens (tertiary/aromatic N) is 5. The second-order valence-corrected chi connectivity index (χ2v) is 7.90. The van der Waals surface area contributed by atoms with Crippen molar-refractivity contribution in [1.29, 1.82) is 0 Å². The molecular formula is C22H36IN7O. The Labute approximate surface area is 202 Å². The van der Waals surface area contributed by atoms with Gasteiger partial charge in [-0.2, -0.15) is 0 Å². The number of methoxy groups -OCH3 is 1. The molecule has 31 heavy (non-hydrogen) atoms. The van der Waals surface area contributed by atoms with Crippen molar-refractivity contribution < 1.29 is 4.74 Å². The smallest absolute Gasteiger partial charge is 0.192 e. The van der Waals surface area contributed by atoms with Crippen molar-refractivity contribution in [2.45, 2.75) is 52.7 Å². The number of hydrogen-bond acceptors (Lipinski definition) is 5. The van der Waals surface area contributed by atoms with Crippen molar-refractivity contribution in [1.82, 2.24) is 30.3 Å². The van der Waals surface area contributed by atoms with Crippen molar-refractivity contribution >= 4 is 29.9 Å². The third kappa shape index (κ3) is 7.06. The highest BCUT2D eigenvalue weighted by molar-refractivity contribution is 14.0. The second kappa shape index (κ2) is 12.2. The summed E-state index contributed by atoms with van der Waals surface area (Å²) in [6.07, 6.45) is 2.49. The fraction of sp³-hybridized carbons (Fsp3) is 0.591. The molecule has 3 rings (SSSR count). The molecule has 9 heteroatoms. The van der Waals surface area contributed by atoms with E-state index >= 15 is 0 Å². The van der Waals surface area contributed by atoms with E-state index in [1.807, 2.05) is 30.7 Å². The third-order valence-electron chi connectivity index (χ3n) is 5.77. The molecule has 1 aromatic carbocycles. The Morgan fingerprint density at radius 2 is 2.03 bits per heavy atom. The van der Waals surface area contributed by atoms with E-state index in [1.165, 1.54) is 24.9 Å². The maximum absolute atomic E-state index is 5.40. The van der Waals surface area contributed by atoms with E-state index in [9.17, 15) is 0 Å². The molecule has 0 amide bonds. The number of likely N-dealkylation sites (N-methyl/N-ethyl adjacent to an activating group) is 1. The summed E-state index contributed by atoms with van der Waals surface area (Å²) in [5, 5.41) is 15.4. The van der Waals surface area contributed by atoms with Crippen molar-refractivity contribution in [3.8, 4) is 5.75 Å². The van der Waals surface area contributed by atoms with Crippen molar-refractivity contribution in [2.75, 3.05) is 26.7 Å². The molecule has 1 unspecified atom stereocenters. The third-order valence-corrected chi connectivity index (χ3v) is 5.77. The average molecular weight is 541 g/mol. The number of ether oxygens (including phenoxy) is 1. The molecule has 0 saturated carbocycles. The van der Waals surface area contributed by atoms with E-state index in [-0.39, 0.29) is 24.0 Å². The zero-order valence-corrected chi connectivity index (χ0v) is 21.6. The Morgan fingerprint density at radius 3 is 2.71 bits per heavy atom. The van der Waals surface area contributed by atoms with Crippen LogP contribution < -0.4 is 15.4 Å². The summed E-state index contributed by atoms with van der Waals surface area (Å²) < 4.78 is 7.39. The fourth-order valence-electron chi connectivity index (χ4n) is 3.90. The van der Waals surface area contributed by atoms with Crippen molar-refractivity contribution in [2.24, 2.45) is 12.0 Å². The van der Waals surface area contributed by atoms with Crippen LogP contribution in [0.4, 0.5) is 0 Å². The quantitative estimate of drug-likeness (QED) is 0.304. The normalized spacial score (nSPS) is 16.8. The molecule has 0 spiro atoms. The molecule has 2 aromatic rings. The summed E-state index contributed by atoms with van der Waals surface area (Å²) in [6.45, 7) is 10.6. The van der Waals surface area contributed by atoms with Crippen LogP contribution in [0.5, 0.6) is 5.75 Å². The van der Waals surface area contributed by atoms with Gasteiger partial charge in [0.15, 0.2) is 11.8 Å². The first-order chi connectivity index (χ1) is 14.5. The van der Waals surface area contributed by atoms with Gasteiger partial charge >= 0.3 is 0 Å². The number of guanidine groups is 1. The number of aromatic nitrogens is 3. The summed E-state index contributed by atoms with van der Waals surface area (Å²) >= 11 is 0. The lowest BCUT2D eigenvalue weighted by Crippen LogP contribution is -2.44. The van der Waals surface area contributed by atoms with Crippen LogP contribution >= 0.6 is 24.0 Å². The van der Waals surface area contributed by atoms with Gasteiger partial charge in [0.05, 0.1) is 20.2 Å². The van der Waals surface area contributed by atoms with Crippen molar-refractivity contribution in [3.63, 3.8) is 0 Å². The average Bonchev–Trinajstić information content (AvgIpc) is 3.33. The molecule has 1 fully saturated rings. The van der Waals surface area contributed by atoms with Crippen LogP contribution in [0.15, 0.2) is 23.2 Å². The number of nitrogens with one attached hydrogen (secondary N) is 2. The van der Waals surface area contributed by atoms with Crippen molar-refractivity contribution in [3.05, 3.63) is 41.0 Å². The Morgan fingerprint density at radius 1 is 1.23 bits per heavy atom. The van der Waals surface area contributed by atoms with Gasteiger partial charge in [-0.05, 0) is 63.0 Å². The molecule has 1 saturated heterocycles. The first-order valence-electron chi connectivity index (χ1n) is 10.8. The molecule has 2 heterocycles. The van der Waals surface area contributed by atoms with Crippen LogP contribution in [0, 0.1) is 13.8 Å². The van der Waals surface area contributed by atoms with E-state index in [1.54, 1.807) is 7.11 Å². The first kappa shape index (κ1) is 25.4. The maximum Gasteiger partial charge on any atom is 0.192 e. The lowest BCUT2D eigenvalue weighted by atomic mass is 10.1. The minimum Gasteiger partial charge on any atom is -0.497 e. The molecule has 0 aliphatic carbocycles. The van der Waals surface area contributed by atoms with Crippen LogP contribution in [0.25, 0.3) is 0 Å². The van der Waals surface area contributed by atoms with Gasteiger partial charge in [0.25, 0.3) is 0 Å². The highest BCUT2D eigenvalue weighted by Gasteiger charge is 2.22. The second-order valence-electron chi connectivity index (χ2n) is 7.90. The van der Waals surface area contributed by atoms with Gasteiger partial charge in [-0.1, -0.05) is 13.0 Å². The largest absolute Gasteiger partial charge is 0.497 e. The Hall–Kier alpha value is -1.88. The summed E-state index contributed by atoms with van der Waals surface area (Å²) in [5.74, 6) is 3.44. The molecule has 0 bridgehead atoms. The predicted octanol–water partition coefficient (Wildman–Crippen LogP) is 2.78. The van der Waals surface area contributed by atoms with Gasteiger partial charge in [-0.25, -0.2) is 4.99 Å². The number of aliphatic imine (C=N–C) groups is 1. The topological polar surface area (TPSA) is 79.6 Å². The number of benzene rings is 1. The fourth-order valence-corrected chi connectivity index (χ4v) is 3.90. The van der Waals surface area contributed by atoms with E-state index in [2.05, 4.69) is 45.6 Å². The van der Waals surface area contributed by atoms with Crippen LogP contribution in [0.1, 0.15) is 42.5 Å². The van der Waals surface area contributed by atoms with Crippen LogP contribution in [-0.4, -0.2) is 58.4 Å². The zero-order chi connectivity index (χ0) is 21.5. The van der Waals surface area contributed by atoms with E-state index in [0.29, 0.717) is 19.1 Å². The van der Waals surface area contributed by atoms with Gasteiger partial charge in [0.1, 0.15) is 11.6 Å².